The van der Waals surface area contributed by atoms with Gasteiger partial charge in [-0.3, -0.25) is 9.69 Å². The maximum atomic E-state index is 13.7. The van der Waals surface area contributed by atoms with Crippen molar-refractivity contribution >= 4 is 15.7 Å². The molecule has 5 nitrogen and oxygen atoms in total. The lowest BCUT2D eigenvalue weighted by Crippen LogP contribution is -2.64. The molecule has 188 valence electrons. The predicted octanol–water partition coefficient (Wildman–Crippen LogP) is 5.39. The molecule has 2 bridgehead atoms. The van der Waals surface area contributed by atoms with Gasteiger partial charge in [0.2, 0.25) is 0 Å². The van der Waals surface area contributed by atoms with Crippen LogP contribution in [0.5, 0.6) is 0 Å². The molecule has 5 rings (SSSR count). The van der Waals surface area contributed by atoms with Crippen LogP contribution in [-0.2, 0) is 9.84 Å². The number of amides is 1. The lowest BCUT2D eigenvalue weighted by molar-refractivity contribution is -0.0504. The monoisotopic (exact) mass is 494 g/mol. The summed E-state index contributed by atoms with van der Waals surface area (Å²) in [7, 11) is -3.30. The van der Waals surface area contributed by atoms with Crippen molar-refractivity contribution in [3.05, 3.63) is 77.4 Å². The molecule has 35 heavy (non-hydrogen) atoms. The minimum Gasteiger partial charge on any atom is -0.343 e. The van der Waals surface area contributed by atoms with Crippen molar-refractivity contribution in [3.63, 3.8) is 0 Å². The van der Waals surface area contributed by atoms with Crippen molar-refractivity contribution in [1.82, 2.24) is 10.2 Å². The number of benzene rings is 2. The average Bonchev–Trinajstić information content (AvgIpc) is 2.83. The summed E-state index contributed by atoms with van der Waals surface area (Å²) in [6.07, 6.45) is 6.82. The molecule has 2 heterocycles. The highest BCUT2D eigenvalue weighted by Gasteiger charge is 2.51. The van der Waals surface area contributed by atoms with Crippen LogP contribution in [0, 0.1) is 19.8 Å². The Morgan fingerprint density at radius 2 is 1.77 bits per heavy atom. The van der Waals surface area contributed by atoms with E-state index in [0.29, 0.717) is 17.2 Å². The van der Waals surface area contributed by atoms with Gasteiger partial charge in [-0.2, -0.15) is 0 Å². The summed E-state index contributed by atoms with van der Waals surface area (Å²) in [4.78, 5) is 16.6. The molecule has 0 unspecified atom stereocenters. The third-order valence-corrected chi connectivity index (χ3v) is 9.93. The van der Waals surface area contributed by atoms with Crippen LogP contribution in [-0.4, -0.2) is 43.6 Å². The maximum Gasteiger partial charge on any atom is 0.252 e. The fraction of sp³-hybridized carbons (Fsp3) is 0.483. The first-order valence-corrected chi connectivity index (χ1v) is 14.4. The van der Waals surface area contributed by atoms with E-state index in [9.17, 15) is 13.2 Å². The molecule has 1 aliphatic carbocycles. The molecule has 0 spiro atoms. The van der Waals surface area contributed by atoms with Gasteiger partial charge in [-0.15, -0.1) is 6.58 Å². The van der Waals surface area contributed by atoms with Crippen LogP contribution in [0.1, 0.15) is 72.1 Å². The molecular formula is C29H38N2O3S. The molecule has 2 aromatic rings. The van der Waals surface area contributed by atoms with Crippen molar-refractivity contribution in [2.45, 2.75) is 69.4 Å². The zero-order chi connectivity index (χ0) is 25.2. The van der Waals surface area contributed by atoms with Crippen LogP contribution in [0.2, 0.25) is 0 Å². The molecule has 2 saturated heterocycles. The first-order chi connectivity index (χ1) is 16.7. The zero-order valence-electron chi connectivity index (χ0n) is 21.2. The minimum absolute atomic E-state index is 0.0751. The molecule has 1 N–H and O–H groups in total. The first-order valence-electron chi connectivity index (χ1n) is 12.8. The maximum absolute atomic E-state index is 13.7. The Labute approximate surface area is 210 Å². The Bertz CT molecular complexity index is 1160. The Balaban J connectivity index is 1.77. The van der Waals surface area contributed by atoms with Gasteiger partial charge in [0.15, 0.2) is 9.84 Å². The van der Waals surface area contributed by atoms with E-state index in [1.807, 2.05) is 57.2 Å². The Morgan fingerprint density at radius 1 is 1.14 bits per heavy atom. The van der Waals surface area contributed by atoms with E-state index in [-0.39, 0.29) is 23.2 Å². The molecule has 1 atom stereocenters. The third kappa shape index (κ3) is 4.96. The van der Waals surface area contributed by atoms with E-state index in [4.69, 9.17) is 0 Å². The number of nitrogens with one attached hydrogen (secondary N) is 1. The van der Waals surface area contributed by atoms with Gasteiger partial charge >= 0.3 is 0 Å². The van der Waals surface area contributed by atoms with Crippen LogP contribution < -0.4 is 5.32 Å². The number of sulfone groups is 1. The molecule has 2 aliphatic heterocycles. The number of piperidine rings is 2. The Kier molecular flexibility index (Phi) is 7.53. The SMILES string of the molecule is C=CCN1CC2CCC1([C@H](NC(=O)c1c(C)cccc1C)c1ccc(S(=O)(=O)CCC)cc1)CC2. The molecule has 3 aliphatic rings. The van der Waals surface area contributed by atoms with Crippen molar-refractivity contribution in [2.75, 3.05) is 18.8 Å². The fourth-order valence-electron chi connectivity index (χ4n) is 6.21. The van der Waals surface area contributed by atoms with E-state index in [1.54, 1.807) is 12.1 Å². The first kappa shape index (κ1) is 25.6. The van der Waals surface area contributed by atoms with Crippen LogP contribution >= 0.6 is 0 Å². The number of carbonyl (C=O) groups is 1. The molecule has 6 heteroatoms. The number of nitrogens with zero attached hydrogens (tertiary/aromatic N) is 1. The fourth-order valence-corrected chi connectivity index (χ4v) is 7.54. The molecule has 0 radical (unpaired) electrons. The van der Waals surface area contributed by atoms with Gasteiger partial charge in [0.25, 0.3) is 5.91 Å². The summed E-state index contributed by atoms with van der Waals surface area (Å²) < 4.78 is 25.3. The second kappa shape index (κ2) is 10.3. The number of rotatable bonds is 9. The third-order valence-electron chi connectivity index (χ3n) is 8.00. The van der Waals surface area contributed by atoms with Gasteiger partial charge in [-0.1, -0.05) is 43.3 Å². The summed E-state index contributed by atoms with van der Waals surface area (Å²) in [6.45, 7) is 11.6. The predicted molar refractivity (Wildman–Crippen MR) is 141 cm³/mol. The van der Waals surface area contributed by atoms with Crippen LogP contribution in [0.4, 0.5) is 0 Å². The van der Waals surface area contributed by atoms with Crippen LogP contribution in [0.15, 0.2) is 60.0 Å². The molecular weight excluding hydrogens is 456 g/mol. The van der Waals surface area contributed by atoms with Gasteiger partial charge < -0.3 is 5.32 Å². The van der Waals surface area contributed by atoms with Crippen molar-refractivity contribution in [3.8, 4) is 0 Å². The quantitative estimate of drug-likeness (QED) is 0.475. The molecule has 0 aromatic heterocycles. The summed E-state index contributed by atoms with van der Waals surface area (Å²) in [5, 5.41) is 3.42. The number of aryl methyl sites for hydroxylation is 2. The van der Waals surface area contributed by atoms with Gasteiger partial charge in [0.1, 0.15) is 0 Å². The topological polar surface area (TPSA) is 66.5 Å². The summed E-state index contributed by atoms with van der Waals surface area (Å²) in [5.41, 5.74) is 3.36. The molecule has 1 saturated carbocycles. The number of hydrogen-bond acceptors (Lipinski definition) is 4. The van der Waals surface area contributed by atoms with Crippen LogP contribution in [0.3, 0.4) is 0 Å². The second-order valence-corrected chi connectivity index (χ2v) is 12.4. The number of fused-ring (bicyclic) bond motifs is 3. The highest BCUT2D eigenvalue weighted by atomic mass is 32.2. The standard InChI is InChI=1S/C29H38N2O3S/c1-5-18-31-20-23-14-16-29(31,17-15-23)27(30-28(32)26-21(3)8-7-9-22(26)4)24-10-12-25(13-11-24)35(33,34)19-6-2/h5,7-13,23,27H,1,6,14-20H2,2-4H3,(H,30,32)/t23?,27-,29?/m1/s1. The number of carbonyl (C=O) groups excluding carboxylic acids is 1. The van der Waals surface area contributed by atoms with Gasteiger partial charge in [-0.05, 0) is 80.7 Å². The Hall–Kier alpha value is -2.44. The largest absolute Gasteiger partial charge is 0.343 e. The average molecular weight is 495 g/mol. The van der Waals surface area contributed by atoms with E-state index in [0.717, 1.165) is 61.0 Å². The van der Waals surface area contributed by atoms with Crippen molar-refractivity contribution in [2.24, 2.45) is 5.92 Å². The molecule has 1 amide bonds. The van der Waals surface area contributed by atoms with E-state index in [1.165, 1.54) is 0 Å². The minimum atomic E-state index is -3.30. The van der Waals surface area contributed by atoms with Crippen LogP contribution in [0.25, 0.3) is 0 Å². The summed E-state index contributed by atoms with van der Waals surface area (Å²) in [5.74, 6) is 0.750. The van der Waals surface area contributed by atoms with Gasteiger partial charge in [0.05, 0.1) is 16.7 Å². The van der Waals surface area contributed by atoms with E-state index in [2.05, 4.69) is 16.8 Å². The normalized spacial score (nSPS) is 23.1. The Morgan fingerprint density at radius 3 is 2.34 bits per heavy atom. The zero-order valence-corrected chi connectivity index (χ0v) is 22.0. The summed E-state index contributed by atoms with van der Waals surface area (Å²) >= 11 is 0. The van der Waals surface area contributed by atoms with E-state index >= 15 is 0 Å². The molecule has 2 aromatic carbocycles. The lowest BCUT2D eigenvalue weighted by atomic mass is 9.65. The smallest absolute Gasteiger partial charge is 0.252 e. The highest BCUT2D eigenvalue weighted by molar-refractivity contribution is 7.91. The van der Waals surface area contributed by atoms with Crippen molar-refractivity contribution in [1.29, 1.82) is 0 Å². The lowest BCUT2D eigenvalue weighted by Gasteiger charge is -2.58. The molecule has 3 fully saturated rings. The number of hydrogen-bond donors (Lipinski definition) is 1. The van der Waals surface area contributed by atoms with Crippen molar-refractivity contribution < 1.29 is 13.2 Å². The highest BCUT2D eigenvalue weighted by Crippen LogP contribution is 2.49. The van der Waals surface area contributed by atoms with Gasteiger partial charge in [0, 0.05) is 24.2 Å². The van der Waals surface area contributed by atoms with Gasteiger partial charge in [-0.25, -0.2) is 8.42 Å². The second-order valence-electron chi connectivity index (χ2n) is 10.3. The summed E-state index contributed by atoms with van der Waals surface area (Å²) in [6, 6.07) is 12.9. The van der Waals surface area contributed by atoms with E-state index < -0.39 is 9.84 Å².